The van der Waals surface area contributed by atoms with Gasteiger partial charge in [-0.15, -0.1) is 16.4 Å². The Morgan fingerprint density at radius 3 is 3.13 bits per heavy atom. The predicted molar refractivity (Wildman–Crippen MR) is 58.1 cm³/mol. The van der Waals surface area contributed by atoms with Crippen LogP contribution < -0.4 is 0 Å². The normalized spacial score (nSPS) is 10.5. The van der Waals surface area contributed by atoms with Gasteiger partial charge in [0.05, 0.1) is 11.1 Å². The number of hydrogen-bond donors (Lipinski definition) is 0. The van der Waals surface area contributed by atoms with Gasteiger partial charge in [-0.25, -0.2) is 4.68 Å². The Balaban J connectivity index is 2.29. The minimum Gasteiger partial charge on any atom is -0.286 e. The minimum absolute atomic E-state index is 0.00319. The Morgan fingerprint density at radius 1 is 1.60 bits per heavy atom. The molecule has 2 aromatic heterocycles. The smallest absolute Gasteiger partial charge is 0.222 e. The molecule has 78 valence electrons. The van der Waals surface area contributed by atoms with Crippen molar-refractivity contribution in [3.8, 4) is 0 Å². The molecule has 0 bridgehead atoms. The van der Waals surface area contributed by atoms with E-state index in [4.69, 9.17) is 0 Å². The van der Waals surface area contributed by atoms with E-state index in [-0.39, 0.29) is 5.78 Å². The van der Waals surface area contributed by atoms with Crippen molar-refractivity contribution in [2.24, 2.45) is 0 Å². The molecule has 4 nitrogen and oxygen atoms in total. The van der Waals surface area contributed by atoms with Crippen LogP contribution in [0.1, 0.15) is 28.7 Å². The molecule has 0 radical (unpaired) electrons. The minimum atomic E-state index is 0.00319. The molecule has 2 heterocycles. The summed E-state index contributed by atoms with van der Waals surface area (Å²) in [6, 6.07) is 3.68. The third-order valence-electron chi connectivity index (χ3n) is 2.03. The van der Waals surface area contributed by atoms with Gasteiger partial charge in [-0.3, -0.25) is 4.79 Å². The Bertz CT molecular complexity index is 447. The van der Waals surface area contributed by atoms with Crippen LogP contribution in [0.5, 0.6) is 0 Å². The summed E-state index contributed by atoms with van der Waals surface area (Å²) < 4.78 is 1.65. The summed E-state index contributed by atoms with van der Waals surface area (Å²) in [7, 11) is 0. The van der Waals surface area contributed by atoms with Crippen LogP contribution in [0.3, 0.4) is 0 Å². The molecule has 5 heteroatoms. The summed E-state index contributed by atoms with van der Waals surface area (Å²) in [4.78, 5) is 12.7. The number of rotatable bonds is 4. The van der Waals surface area contributed by atoms with Crippen molar-refractivity contribution in [1.29, 1.82) is 0 Å². The van der Waals surface area contributed by atoms with Gasteiger partial charge < -0.3 is 0 Å². The van der Waals surface area contributed by atoms with Crippen molar-refractivity contribution in [2.75, 3.05) is 0 Å². The highest BCUT2D eigenvalue weighted by atomic mass is 32.1. The average molecular weight is 221 g/mol. The molecule has 2 aromatic rings. The first-order valence-electron chi connectivity index (χ1n) is 4.79. The molecule has 0 fully saturated rings. The average Bonchev–Trinajstić information content (AvgIpc) is 2.87. The predicted octanol–water partition coefficient (Wildman–Crippen LogP) is 1.98. The fraction of sp³-hybridized carbons (Fsp3) is 0.300. The Kier molecular flexibility index (Phi) is 2.91. The topological polar surface area (TPSA) is 47.8 Å². The summed E-state index contributed by atoms with van der Waals surface area (Å²) in [5, 5.41) is 9.55. The maximum atomic E-state index is 12.0. The van der Waals surface area contributed by atoms with Crippen molar-refractivity contribution < 1.29 is 4.79 Å². The van der Waals surface area contributed by atoms with Crippen LogP contribution in [-0.2, 0) is 6.54 Å². The third-order valence-corrected chi connectivity index (χ3v) is 2.90. The number of carbonyl (C=O) groups excluding carboxylic acids is 1. The highest BCUT2D eigenvalue weighted by Crippen LogP contribution is 2.14. The first-order valence-corrected chi connectivity index (χ1v) is 5.67. The number of hydrogen-bond acceptors (Lipinski definition) is 4. The second-order valence-electron chi connectivity index (χ2n) is 3.15. The van der Waals surface area contributed by atoms with E-state index in [0.29, 0.717) is 5.69 Å². The van der Waals surface area contributed by atoms with Crippen LogP contribution in [0.25, 0.3) is 0 Å². The highest BCUT2D eigenvalue weighted by molar-refractivity contribution is 7.12. The first-order chi connectivity index (χ1) is 7.33. The quantitative estimate of drug-likeness (QED) is 0.742. The van der Waals surface area contributed by atoms with E-state index >= 15 is 0 Å². The number of ketones is 1. The first kappa shape index (κ1) is 10.0. The van der Waals surface area contributed by atoms with E-state index in [1.165, 1.54) is 17.5 Å². The zero-order chi connectivity index (χ0) is 10.7. The molecule has 0 atom stereocenters. The monoisotopic (exact) mass is 221 g/mol. The summed E-state index contributed by atoms with van der Waals surface area (Å²) in [6.07, 6.45) is 2.46. The zero-order valence-corrected chi connectivity index (χ0v) is 9.20. The number of carbonyl (C=O) groups is 1. The van der Waals surface area contributed by atoms with Crippen molar-refractivity contribution in [3.63, 3.8) is 0 Å². The van der Waals surface area contributed by atoms with E-state index < -0.39 is 0 Å². The van der Waals surface area contributed by atoms with Gasteiger partial charge in [0.1, 0.15) is 5.69 Å². The second-order valence-corrected chi connectivity index (χ2v) is 4.10. The van der Waals surface area contributed by atoms with Crippen LogP contribution in [0.4, 0.5) is 0 Å². The third kappa shape index (κ3) is 1.97. The molecular formula is C10H11N3OS. The lowest BCUT2D eigenvalue weighted by Gasteiger charge is -2.01. The van der Waals surface area contributed by atoms with Gasteiger partial charge in [-0.05, 0) is 17.9 Å². The molecule has 2 rings (SSSR count). The molecule has 0 N–H and O–H groups in total. The molecule has 0 aliphatic heterocycles. The highest BCUT2D eigenvalue weighted by Gasteiger charge is 2.15. The summed E-state index contributed by atoms with van der Waals surface area (Å²) in [5.74, 6) is 0.00319. The molecule has 0 aliphatic carbocycles. The molecule has 0 saturated heterocycles. The van der Waals surface area contributed by atoms with E-state index in [1.54, 1.807) is 4.68 Å². The van der Waals surface area contributed by atoms with Crippen molar-refractivity contribution in [1.82, 2.24) is 15.0 Å². The van der Waals surface area contributed by atoms with Gasteiger partial charge in [-0.2, -0.15) is 0 Å². The zero-order valence-electron chi connectivity index (χ0n) is 8.38. The molecule has 0 aromatic carbocycles. The van der Waals surface area contributed by atoms with Crippen LogP contribution >= 0.6 is 11.3 Å². The molecular weight excluding hydrogens is 210 g/mol. The van der Waals surface area contributed by atoms with Crippen LogP contribution in [-0.4, -0.2) is 20.8 Å². The van der Waals surface area contributed by atoms with Crippen molar-refractivity contribution >= 4 is 17.1 Å². The molecule has 0 unspecified atom stereocenters. The van der Waals surface area contributed by atoms with Crippen molar-refractivity contribution in [2.45, 2.75) is 19.9 Å². The molecule has 0 saturated carbocycles. The SMILES string of the molecule is CCCn1nncc1C(=O)c1cccs1. The standard InChI is InChI=1S/C10H11N3OS/c1-2-5-13-8(7-11-12-13)10(14)9-4-3-6-15-9/h3-4,6-7H,2,5H2,1H3. The van der Waals surface area contributed by atoms with Crippen LogP contribution in [0.15, 0.2) is 23.7 Å². The van der Waals surface area contributed by atoms with Gasteiger partial charge in [0.2, 0.25) is 5.78 Å². The van der Waals surface area contributed by atoms with E-state index in [1.807, 2.05) is 24.4 Å². The van der Waals surface area contributed by atoms with E-state index in [0.717, 1.165) is 17.8 Å². The van der Waals surface area contributed by atoms with E-state index in [2.05, 4.69) is 10.3 Å². The number of nitrogens with zero attached hydrogens (tertiary/aromatic N) is 3. The molecule has 0 amide bonds. The summed E-state index contributed by atoms with van der Waals surface area (Å²) >= 11 is 1.44. The largest absolute Gasteiger partial charge is 0.286 e. The summed E-state index contributed by atoms with van der Waals surface area (Å²) in [5.41, 5.74) is 0.569. The Labute approximate surface area is 91.5 Å². The number of aryl methyl sites for hydroxylation is 1. The molecule has 0 spiro atoms. The fourth-order valence-corrected chi connectivity index (χ4v) is 2.02. The van der Waals surface area contributed by atoms with E-state index in [9.17, 15) is 4.79 Å². The van der Waals surface area contributed by atoms with Crippen molar-refractivity contribution in [3.05, 3.63) is 34.3 Å². The lowest BCUT2D eigenvalue weighted by atomic mass is 10.2. The Hall–Kier alpha value is -1.49. The van der Waals surface area contributed by atoms with Crippen LogP contribution in [0, 0.1) is 0 Å². The van der Waals surface area contributed by atoms with Gasteiger partial charge in [0, 0.05) is 6.54 Å². The molecule has 0 aliphatic rings. The second kappa shape index (κ2) is 4.35. The summed E-state index contributed by atoms with van der Waals surface area (Å²) in [6.45, 7) is 2.77. The fourth-order valence-electron chi connectivity index (χ4n) is 1.34. The van der Waals surface area contributed by atoms with Gasteiger partial charge >= 0.3 is 0 Å². The maximum absolute atomic E-state index is 12.0. The maximum Gasteiger partial charge on any atom is 0.222 e. The number of aromatic nitrogens is 3. The van der Waals surface area contributed by atoms with Gasteiger partial charge in [0.25, 0.3) is 0 Å². The Morgan fingerprint density at radius 2 is 2.47 bits per heavy atom. The lowest BCUT2D eigenvalue weighted by molar-refractivity contribution is 0.103. The number of thiophene rings is 1. The lowest BCUT2D eigenvalue weighted by Crippen LogP contribution is -2.10. The van der Waals surface area contributed by atoms with Gasteiger partial charge in [0.15, 0.2) is 0 Å². The van der Waals surface area contributed by atoms with Crippen LogP contribution in [0.2, 0.25) is 0 Å². The van der Waals surface area contributed by atoms with Gasteiger partial charge in [-0.1, -0.05) is 18.2 Å². The molecule has 15 heavy (non-hydrogen) atoms.